The number of nitriles is 1. The largest absolute Gasteiger partial charge is 0.508 e. The van der Waals surface area contributed by atoms with Crippen LogP contribution in [0, 0.1) is 11.5 Å². The van der Waals surface area contributed by atoms with E-state index in [1.807, 2.05) is 50.6 Å². The summed E-state index contributed by atoms with van der Waals surface area (Å²) in [5.41, 5.74) is 2.37. The third-order valence-corrected chi connectivity index (χ3v) is 4.32. The van der Waals surface area contributed by atoms with Gasteiger partial charge in [-0.2, -0.15) is 5.26 Å². The molecular formula is C21H27N5O. The van der Waals surface area contributed by atoms with Crippen LogP contribution in [-0.4, -0.2) is 49.2 Å². The minimum atomic E-state index is 0.238. The van der Waals surface area contributed by atoms with Gasteiger partial charge in [-0.25, -0.2) is 0 Å². The number of nitrogens with one attached hydrogen (secondary N) is 2. The second kappa shape index (κ2) is 10.8. The maximum absolute atomic E-state index is 9.33. The Morgan fingerprint density at radius 1 is 1.11 bits per heavy atom. The van der Waals surface area contributed by atoms with Crippen molar-refractivity contribution in [2.75, 3.05) is 27.2 Å². The predicted octanol–water partition coefficient (Wildman–Crippen LogP) is 2.12. The summed E-state index contributed by atoms with van der Waals surface area (Å²) in [6.07, 6.45) is 3.60. The van der Waals surface area contributed by atoms with Gasteiger partial charge in [0.2, 0.25) is 5.96 Å². The number of likely N-dealkylation sites (N-methyl/N-ethyl adjacent to an activating group) is 1. The van der Waals surface area contributed by atoms with Crippen molar-refractivity contribution in [2.45, 2.75) is 18.9 Å². The van der Waals surface area contributed by atoms with Crippen LogP contribution in [0.5, 0.6) is 5.75 Å². The molecule has 0 unspecified atom stereocenters. The number of guanidine groups is 1. The van der Waals surface area contributed by atoms with Crippen molar-refractivity contribution >= 4 is 5.96 Å². The van der Waals surface area contributed by atoms with Crippen LogP contribution in [-0.2, 0) is 12.8 Å². The van der Waals surface area contributed by atoms with Crippen LogP contribution < -0.4 is 10.6 Å². The first-order valence-electron chi connectivity index (χ1n) is 9.00. The summed E-state index contributed by atoms with van der Waals surface area (Å²) in [5.74, 6) is 0.740. The fourth-order valence-corrected chi connectivity index (χ4v) is 2.67. The number of aromatic hydroxyl groups is 1. The average molecular weight is 365 g/mol. The number of aliphatic imine (C=N–C) groups is 1. The Morgan fingerprint density at radius 2 is 1.81 bits per heavy atom. The van der Waals surface area contributed by atoms with Crippen molar-refractivity contribution in [2.24, 2.45) is 4.99 Å². The molecule has 2 aromatic carbocycles. The lowest BCUT2D eigenvalue weighted by Gasteiger charge is -2.23. The molecule has 6 nitrogen and oxygen atoms in total. The molecule has 0 fully saturated rings. The molecule has 6 heteroatoms. The maximum Gasteiger partial charge on any atom is 0.204 e. The molecule has 0 spiro atoms. The molecule has 0 aliphatic carbocycles. The molecule has 0 aliphatic heterocycles. The summed E-state index contributed by atoms with van der Waals surface area (Å²) < 4.78 is 0. The van der Waals surface area contributed by atoms with Crippen LogP contribution >= 0.6 is 0 Å². The van der Waals surface area contributed by atoms with Crippen LogP contribution in [0.4, 0.5) is 0 Å². The molecule has 2 aromatic rings. The molecule has 3 N–H and O–H groups in total. The normalized spacial score (nSPS) is 12.4. The second-order valence-corrected chi connectivity index (χ2v) is 6.58. The van der Waals surface area contributed by atoms with Gasteiger partial charge >= 0.3 is 0 Å². The van der Waals surface area contributed by atoms with Crippen molar-refractivity contribution < 1.29 is 5.11 Å². The highest BCUT2D eigenvalue weighted by Crippen LogP contribution is 2.10. The summed E-state index contributed by atoms with van der Waals surface area (Å²) in [6, 6.07) is 17.7. The van der Waals surface area contributed by atoms with Crippen molar-refractivity contribution in [1.29, 1.82) is 5.26 Å². The molecule has 0 aromatic heterocycles. The first-order valence-corrected chi connectivity index (χ1v) is 9.00. The molecule has 142 valence electrons. The highest BCUT2D eigenvalue weighted by molar-refractivity contribution is 5.81. The molecule has 1 atom stereocenters. The van der Waals surface area contributed by atoms with E-state index in [4.69, 9.17) is 5.26 Å². The molecule has 2 rings (SSSR count). The summed E-state index contributed by atoms with van der Waals surface area (Å²) in [7, 11) is 4.08. The van der Waals surface area contributed by atoms with Crippen LogP contribution in [0.1, 0.15) is 11.1 Å². The van der Waals surface area contributed by atoms with Gasteiger partial charge in [0.15, 0.2) is 6.19 Å². The Kier molecular flexibility index (Phi) is 8.14. The van der Waals surface area contributed by atoms with Gasteiger partial charge in [-0.05, 0) is 50.2 Å². The minimum Gasteiger partial charge on any atom is -0.508 e. The molecule has 0 amide bonds. The molecule has 0 radical (unpaired) electrons. The minimum absolute atomic E-state index is 0.238. The quantitative estimate of drug-likeness (QED) is 0.289. The Hall–Kier alpha value is -3.04. The Labute approximate surface area is 161 Å². The zero-order chi connectivity index (χ0) is 19.5. The van der Waals surface area contributed by atoms with Gasteiger partial charge in [0, 0.05) is 12.6 Å². The number of hydrogen-bond donors (Lipinski definition) is 3. The lowest BCUT2D eigenvalue weighted by Crippen LogP contribution is -2.38. The highest BCUT2D eigenvalue weighted by atomic mass is 16.3. The topological polar surface area (TPSA) is 83.7 Å². The number of benzene rings is 2. The second-order valence-electron chi connectivity index (χ2n) is 6.58. The average Bonchev–Trinajstić information content (AvgIpc) is 2.67. The summed E-state index contributed by atoms with van der Waals surface area (Å²) in [4.78, 5) is 6.72. The smallest absolute Gasteiger partial charge is 0.204 e. The summed E-state index contributed by atoms with van der Waals surface area (Å²) in [5, 5.41) is 24.1. The lowest BCUT2D eigenvalue weighted by atomic mass is 10.1. The predicted molar refractivity (Wildman–Crippen MR) is 108 cm³/mol. The molecule has 0 aliphatic rings. The summed E-state index contributed by atoms with van der Waals surface area (Å²) >= 11 is 0. The lowest BCUT2D eigenvalue weighted by molar-refractivity contribution is 0.298. The van der Waals surface area contributed by atoms with E-state index in [1.165, 1.54) is 5.56 Å². The number of hydrogen-bond acceptors (Lipinski definition) is 4. The number of phenolic OH excluding ortho intramolecular Hbond substituents is 1. The molecule has 0 bridgehead atoms. The highest BCUT2D eigenvalue weighted by Gasteiger charge is 2.12. The third kappa shape index (κ3) is 7.38. The van der Waals surface area contributed by atoms with Crippen molar-refractivity contribution in [3.63, 3.8) is 0 Å². The standard InChI is InChI=1S/C21H27N5O/c1-26(2)19(14-18-6-4-3-5-7-18)15-24-21(25-16-22)23-13-12-17-8-10-20(27)11-9-17/h3-11,19,27H,12-15H2,1-2H3,(H2,23,24,25)/t19-/m0/s1. The van der Waals surface area contributed by atoms with Gasteiger partial charge in [0.25, 0.3) is 0 Å². The van der Waals surface area contributed by atoms with E-state index < -0.39 is 0 Å². The Morgan fingerprint density at radius 3 is 2.44 bits per heavy atom. The zero-order valence-electron chi connectivity index (χ0n) is 15.9. The fraction of sp³-hybridized carbons (Fsp3) is 0.333. The van der Waals surface area contributed by atoms with Crippen LogP contribution in [0.3, 0.4) is 0 Å². The summed E-state index contributed by atoms with van der Waals surface area (Å²) in [6.45, 7) is 1.22. The third-order valence-electron chi connectivity index (χ3n) is 4.32. The fourth-order valence-electron chi connectivity index (χ4n) is 2.67. The van der Waals surface area contributed by atoms with Crippen LogP contribution in [0.25, 0.3) is 0 Å². The zero-order valence-corrected chi connectivity index (χ0v) is 15.9. The van der Waals surface area contributed by atoms with Crippen molar-refractivity contribution in [3.8, 4) is 11.9 Å². The van der Waals surface area contributed by atoms with E-state index in [2.05, 4.69) is 32.7 Å². The van der Waals surface area contributed by atoms with Gasteiger partial charge in [0.05, 0.1) is 6.54 Å². The van der Waals surface area contributed by atoms with Crippen molar-refractivity contribution in [1.82, 2.24) is 15.5 Å². The van der Waals surface area contributed by atoms with E-state index in [0.29, 0.717) is 19.0 Å². The van der Waals surface area contributed by atoms with E-state index in [0.717, 1.165) is 18.4 Å². The Bertz CT molecular complexity index is 750. The van der Waals surface area contributed by atoms with Gasteiger partial charge < -0.3 is 15.3 Å². The first kappa shape index (κ1) is 20.3. The van der Waals surface area contributed by atoms with E-state index >= 15 is 0 Å². The van der Waals surface area contributed by atoms with E-state index in [9.17, 15) is 5.11 Å². The number of nitrogens with zero attached hydrogens (tertiary/aromatic N) is 3. The molecule has 0 saturated heterocycles. The number of phenols is 1. The van der Waals surface area contributed by atoms with Crippen molar-refractivity contribution in [3.05, 3.63) is 65.7 Å². The Balaban J connectivity index is 1.91. The molecular weight excluding hydrogens is 338 g/mol. The molecule has 0 heterocycles. The van der Waals surface area contributed by atoms with Gasteiger partial charge in [-0.15, -0.1) is 0 Å². The van der Waals surface area contributed by atoms with Crippen LogP contribution in [0.15, 0.2) is 59.6 Å². The monoisotopic (exact) mass is 365 g/mol. The molecule has 0 saturated carbocycles. The first-order chi connectivity index (χ1) is 13.1. The van der Waals surface area contributed by atoms with Gasteiger partial charge in [0.1, 0.15) is 5.75 Å². The van der Waals surface area contributed by atoms with Crippen LogP contribution in [0.2, 0.25) is 0 Å². The molecule has 27 heavy (non-hydrogen) atoms. The maximum atomic E-state index is 9.33. The van der Waals surface area contributed by atoms with E-state index in [-0.39, 0.29) is 11.8 Å². The van der Waals surface area contributed by atoms with Gasteiger partial charge in [-0.3, -0.25) is 10.3 Å². The SMILES string of the molecule is CN(C)[C@H](CN=C(NC#N)NCCc1ccc(O)cc1)Cc1ccccc1. The van der Waals surface area contributed by atoms with Gasteiger partial charge in [-0.1, -0.05) is 42.5 Å². The van der Waals surface area contributed by atoms with E-state index in [1.54, 1.807) is 12.1 Å². The number of rotatable bonds is 8.